The number of hydrogen-bond donors (Lipinski definition) is 1. The van der Waals surface area contributed by atoms with E-state index in [9.17, 15) is 35.5 Å². The van der Waals surface area contributed by atoms with Gasteiger partial charge in [-0.05, 0) is 42.0 Å². The van der Waals surface area contributed by atoms with E-state index in [4.69, 9.17) is 0 Å². The van der Waals surface area contributed by atoms with E-state index in [1.54, 1.807) is 0 Å². The van der Waals surface area contributed by atoms with Crippen LogP contribution in [0.15, 0.2) is 42.5 Å². The lowest BCUT2D eigenvalue weighted by Gasteiger charge is -2.16. The van der Waals surface area contributed by atoms with Gasteiger partial charge in [0.05, 0.1) is 17.5 Å². The van der Waals surface area contributed by atoms with Crippen molar-refractivity contribution in [2.75, 3.05) is 5.32 Å². The molecular weight excluding hydrogens is 355 g/mol. The largest absolute Gasteiger partial charge is 0.416 e. The number of hydrogen-bond acceptors (Lipinski definition) is 1. The fourth-order valence-electron chi connectivity index (χ4n) is 2.08. The van der Waals surface area contributed by atoms with Crippen LogP contribution < -0.4 is 5.32 Å². The first-order valence-corrected chi connectivity index (χ1v) is 6.79. The van der Waals surface area contributed by atoms with E-state index in [1.807, 2.05) is 0 Å². The zero-order valence-corrected chi connectivity index (χ0v) is 12.3. The zero-order valence-electron chi connectivity index (χ0n) is 12.3. The quantitative estimate of drug-likeness (QED) is 0.759. The third kappa shape index (κ3) is 4.94. The molecule has 2 aromatic carbocycles. The Morgan fingerprint density at radius 2 is 1.48 bits per heavy atom. The Bertz CT molecular complexity index is 764. The fourth-order valence-corrected chi connectivity index (χ4v) is 2.08. The summed E-state index contributed by atoms with van der Waals surface area (Å²) in [5, 5.41) is 2.25. The highest BCUT2D eigenvalue weighted by atomic mass is 19.4. The minimum absolute atomic E-state index is 0.0273. The average Bonchev–Trinajstić information content (AvgIpc) is 2.47. The molecule has 0 atom stereocenters. The number of alkyl halides is 6. The molecule has 0 heterocycles. The number of amides is 1. The van der Waals surface area contributed by atoms with Crippen molar-refractivity contribution in [1.82, 2.24) is 0 Å². The molecule has 0 fully saturated rings. The molecule has 134 valence electrons. The Hall–Kier alpha value is -2.58. The first kappa shape index (κ1) is 18.8. The molecule has 9 heteroatoms. The van der Waals surface area contributed by atoms with Crippen LogP contribution in [0.2, 0.25) is 0 Å². The first-order valence-electron chi connectivity index (χ1n) is 6.79. The molecule has 0 aliphatic rings. The predicted octanol–water partition coefficient (Wildman–Crippen LogP) is 5.04. The molecular formula is C16H10F7NO. The van der Waals surface area contributed by atoms with Gasteiger partial charge in [-0.2, -0.15) is 26.3 Å². The maximum Gasteiger partial charge on any atom is 0.416 e. The summed E-state index contributed by atoms with van der Waals surface area (Å²) in [6.07, 6.45) is -10.8. The molecule has 0 spiro atoms. The van der Waals surface area contributed by atoms with Gasteiger partial charge in [0.2, 0.25) is 5.91 Å². The molecule has 0 aromatic heterocycles. The summed E-state index contributed by atoms with van der Waals surface area (Å²) in [6.45, 7) is 0. The van der Waals surface area contributed by atoms with E-state index in [0.717, 1.165) is 12.1 Å². The molecule has 0 unspecified atom stereocenters. The summed E-state index contributed by atoms with van der Waals surface area (Å²) in [4.78, 5) is 11.8. The summed E-state index contributed by atoms with van der Waals surface area (Å²) in [6, 6.07) is 5.55. The number of benzene rings is 2. The van der Waals surface area contributed by atoms with Crippen LogP contribution >= 0.6 is 0 Å². The van der Waals surface area contributed by atoms with E-state index in [1.165, 1.54) is 12.1 Å². The van der Waals surface area contributed by atoms with Crippen molar-refractivity contribution in [2.24, 2.45) is 0 Å². The van der Waals surface area contributed by atoms with Gasteiger partial charge in [-0.1, -0.05) is 6.07 Å². The molecule has 2 rings (SSSR count). The molecule has 0 saturated carbocycles. The SMILES string of the molecule is O=C(Cc1ccc(C(F)(F)F)cc1C(F)(F)F)Nc1ccc(F)cc1. The van der Waals surface area contributed by atoms with Crippen LogP contribution in [0.25, 0.3) is 0 Å². The minimum Gasteiger partial charge on any atom is -0.326 e. The van der Waals surface area contributed by atoms with Crippen LogP contribution in [0.3, 0.4) is 0 Å². The molecule has 0 saturated heterocycles. The monoisotopic (exact) mass is 365 g/mol. The number of carbonyl (C=O) groups is 1. The zero-order chi connectivity index (χ0) is 18.8. The molecule has 2 nitrogen and oxygen atoms in total. The van der Waals surface area contributed by atoms with Crippen LogP contribution in [-0.4, -0.2) is 5.91 Å². The third-order valence-electron chi connectivity index (χ3n) is 3.22. The Balaban J connectivity index is 2.26. The lowest BCUT2D eigenvalue weighted by Crippen LogP contribution is -2.19. The third-order valence-corrected chi connectivity index (χ3v) is 3.22. The van der Waals surface area contributed by atoms with Crippen LogP contribution in [-0.2, 0) is 23.6 Å². The molecule has 0 aliphatic carbocycles. The summed E-state index contributed by atoms with van der Waals surface area (Å²) in [7, 11) is 0. The van der Waals surface area contributed by atoms with Gasteiger partial charge < -0.3 is 5.32 Å². The highest BCUT2D eigenvalue weighted by Crippen LogP contribution is 2.37. The van der Waals surface area contributed by atoms with Crippen molar-refractivity contribution >= 4 is 11.6 Å². The van der Waals surface area contributed by atoms with Crippen LogP contribution in [0.4, 0.5) is 36.4 Å². The molecule has 0 aliphatic heterocycles. The van der Waals surface area contributed by atoms with Crippen molar-refractivity contribution in [2.45, 2.75) is 18.8 Å². The Morgan fingerprint density at radius 3 is 2.00 bits per heavy atom. The van der Waals surface area contributed by atoms with Crippen molar-refractivity contribution in [3.8, 4) is 0 Å². The van der Waals surface area contributed by atoms with Gasteiger partial charge in [0.25, 0.3) is 0 Å². The standard InChI is InChI=1S/C16H10F7NO/c17-11-3-5-12(6-4-11)24-14(25)7-9-1-2-10(15(18,19)20)8-13(9)16(21,22)23/h1-6,8H,7H2,(H,24,25). The van der Waals surface area contributed by atoms with Gasteiger partial charge in [-0.3, -0.25) is 4.79 Å². The number of halogens is 7. The van der Waals surface area contributed by atoms with Crippen molar-refractivity contribution in [1.29, 1.82) is 0 Å². The second-order valence-corrected chi connectivity index (χ2v) is 5.10. The predicted molar refractivity (Wildman–Crippen MR) is 75.2 cm³/mol. The maximum absolute atomic E-state index is 13.0. The lowest BCUT2D eigenvalue weighted by molar-refractivity contribution is -0.143. The van der Waals surface area contributed by atoms with E-state index in [0.29, 0.717) is 12.1 Å². The molecule has 0 bridgehead atoms. The van der Waals surface area contributed by atoms with Crippen molar-refractivity contribution in [3.05, 3.63) is 65.0 Å². The van der Waals surface area contributed by atoms with E-state index in [-0.39, 0.29) is 11.8 Å². The number of anilines is 1. The van der Waals surface area contributed by atoms with Gasteiger partial charge in [0.1, 0.15) is 5.82 Å². The van der Waals surface area contributed by atoms with Gasteiger partial charge in [-0.15, -0.1) is 0 Å². The minimum atomic E-state index is -5.05. The highest BCUT2D eigenvalue weighted by molar-refractivity contribution is 5.92. The topological polar surface area (TPSA) is 29.1 Å². The summed E-state index contributed by atoms with van der Waals surface area (Å²) in [5.41, 5.74) is -3.44. The number of carbonyl (C=O) groups excluding carboxylic acids is 1. The summed E-state index contributed by atoms with van der Waals surface area (Å²) < 4.78 is 89.5. The first-order chi connectivity index (χ1) is 11.5. The van der Waals surface area contributed by atoms with Gasteiger partial charge in [0, 0.05) is 5.69 Å². The molecule has 2 aromatic rings. The molecule has 1 N–H and O–H groups in total. The average molecular weight is 365 g/mol. The lowest BCUT2D eigenvalue weighted by atomic mass is 10.00. The summed E-state index contributed by atoms with van der Waals surface area (Å²) in [5.74, 6) is -1.45. The Labute approximate surface area is 137 Å². The summed E-state index contributed by atoms with van der Waals surface area (Å²) >= 11 is 0. The maximum atomic E-state index is 13.0. The fraction of sp³-hybridized carbons (Fsp3) is 0.188. The van der Waals surface area contributed by atoms with Gasteiger partial charge in [-0.25, -0.2) is 4.39 Å². The molecule has 25 heavy (non-hydrogen) atoms. The van der Waals surface area contributed by atoms with E-state index >= 15 is 0 Å². The van der Waals surface area contributed by atoms with Crippen molar-refractivity contribution in [3.63, 3.8) is 0 Å². The smallest absolute Gasteiger partial charge is 0.326 e. The van der Waals surface area contributed by atoms with Crippen molar-refractivity contribution < 1.29 is 35.5 Å². The number of nitrogens with one attached hydrogen (secondary N) is 1. The number of rotatable bonds is 3. The normalized spacial score (nSPS) is 12.1. The second kappa shape index (κ2) is 6.73. The van der Waals surface area contributed by atoms with Gasteiger partial charge >= 0.3 is 12.4 Å². The van der Waals surface area contributed by atoms with E-state index < -0.39 is 47.2 Å². The second-order valence-electron chi connectivity index (χ2n) is 5.10. The molecule has 1 amide bonds. The Kier molecular flexibility index (Phi) is 5.05. The van der Waals surface area contributed by atoms with Crippen LogP contribution in [0, 0.1) is 5.82 Å². The van der Waals surface area contributed by atoms with Crippen LogP contribution in [0.5, 0.6) is 0 Å². The highest BCUT2D eigenvalue weighted by Gasteiger charge is 2.38. The van der Waals surface area contributed by atoms with Gasteiger partial charge in [0.15, 0.2) is 0 Å². The molecule has 0 radical (unpaired) electrons. The Morgan fingerprint density at radius 1 is 0.880 bits per heavy atom. The van der Waals surface area contributed by atoms with E-state index in [2.05, 4.69) is 5.32 Å². The van der Waals surface area contributed by atoms with Crippen LogP contribution in [0.1, 0.15) is 16.7 Å².